The number of hydrogen-bond donors (Lipinski definition) is 1. The van der Waals surface area contributed by atoms with Crippen molar-refractivity contribution < 1.29 is 4.74 Å². The highest BCUT2D eigenvalue weighted by Crippen LogP contribution is 2.36. The van der Waals surface area contributed by atoms with Gasteiger partial charge in [-0.2, -0.15) is 0 Å². The molecule has 2 bridgehead atoms. The minimum absolute atomic E-state index is 0.398. The first-order chi connectivity index (χ1) is 8.76. The summed E-state index contributed by atoms with van der Waals surface area (Å²) in [6.07, 6.45) is 4.17. The van der Waals surface area contributed by atoms with Crippen molar-refractivity contribution in [3.63, 3.8) is 0 Å². The maximum Gasteiger partial charge on any atom is 0.119 e. The molecular weight excluding hydrogens is 224 g/mol. The number of fused-ring (bicyclic) bond motifs is 2. The van der Waals surface area contributed by atoms with Crippen LogP contribution in [0.5, 0.6) is 5.75 Å². The zero-order valence-electron chi connectivity index (χ0n) is 11.0. The van der Waals surface area contributed by atoms with Crippen molar-refractivity contribution in [1.29, 1.82) is 0 Å². The summed E-state index contributed by atoms with van der Waals surface area (Å²) in [4.78, 5) is 2.49. The summed E-state index contributed by atoms with van der Waals surface area (Å²) in [6.45, 7) is 1.79. The third kappa shape index (κ3) is 2.25. The molecule has 1 aliphatic carbocycles. The second-order valence-corrected chi connectivity index (χ2v) is 5.67. The molecule has 1 heterocycles. The van der Waals surface area contributed by atoms with Crippen LogP contribution in [0.15, 0.2) is 24.3 Å². The third-order valence-electron chi connectivity index (χ3n) is 4.48. The van der Waals surface area contributed by atoms with Gasteiger partial charge in [0.15, 0.2) is 0 Å². The Bertz CT molecular complexity index is 401. The molecule has 3 atom stereocenters. The Morgan fingerprint density at radius 1 is 1.28 bits per heavy atom. The SMILES string of the molecule is CN1CC2CC1CCC2Oc1ccc(CN)cc1. The predicted molar refractivity (Wildman–Crippen MR) is 72.5 cm³/mol. The fourth-order valence-electron chi connectivity index (χ4n) is 3.36. The van der Waals surface area contributed by atoms with Crippen LogP contribution in [0, 0.1) is 5.92 Å². The van der Waals surface area contributed by atoms with Crippen LogP contribution in [-0.2, 0) is 6.54 Å². The van der Waals surface area contributed by atoms with E-state index in [1.165, 1.54) is 25.8 Å². The molecule has 0 radical (unpaired) electrons. The highest BCUT2D eigenvalue weighted by molar-refractivity contribution is 5.27. The fourth-order valence-corrected chi connectivity index (χ4v) is 3.36. The van der Waals surface area contributed by atoms with Gasteiger partial charge in [-0.15, -0.1) is 0 Å². The smallest absolute Gasteiger partial charge is 0.119 e. The molecule has 3 rings (SSSR count). The predicted octanol–water partition coefficient (Wildman–Crippen LogP) is 2.01. The third-order valence-corrected chi connectivity index (χ3v) is 4.48. The van der Waals surface area contributed by atoms with E-state index in [1.54, 1.807) is 0 Å². The van der Waals surface area contributed by atoms with Crippen LogP contribution < -0.4 is 10.5 Å². The van der Waals surface area contributed by atoms with Crippen molar-refractivity contribution in [3.05, 3.63) is 29.8 Å². The minimum Gasteiger partial charge on any atom is -0.490 e. The second-order valence-electron chi connectivity index (χ2n) is 5.67. The van der Waals surface area contributed by atoms with Gasteiger partial charge in [-0.1, -0.05) is 12.1 Å². The Balaban J connectivity index is 1.65. The summed E-state index contributed by atoms with van der Waals surface area (Å²) in [5, 5.41) is 0. The van der Waals surface area contributed by atoms with Gasteiger partial charge in [0.2, 0.25) is 0 Å². The quantitative estimate of drug-likeness (QED) is 0.886. The molecule has 1 aromatic rings. The molecule has 3 heteroatoms. The molecule has 2 N–H and O–H groups in total. The van der Waals surface area contributed by atoms with E-state index in [-0.39, 0.29) is 0 Å². The van der Waals surface area contributed by atoms with Crippen molar-refractivity contribution >= 4 is 0 Å². The van der Waals surface area contributed by atoms with E-state index in [0.29, 0.717) is 18.6 Å². The van der Waals surface area contributed by atoms with Gasteiger partial charge in [-0.25, -0.2) is 0 Å². The first kappa shape index (κ1) is 12.0. The molecule has 2 fully saturated rings. The standard InChI is InChI=1S/C15H22N2O/c1-17-10-12-8-13(17)4-7-15(12)18-14-5-2-11(9-16)3-6-14/h2-3,5-6,12-13,15H,4,7-10,16H2,1H3. The first-order valence-electron chi connectivity index (χ1n) is 6.92. The molecule has 0 spiro atoms. The molecule has 1 aliphatic heterocycles. The zero-order chi connectivity index (χ0) is 12.5. The monoisotopic (exact) mass is 246 g/mol. The van der Waals surface area contributed by atoms with Crippen LogP contribution in [0.4, 0.5) is 0 Å². The van der Waals surface area contributed by atoms with Gasteiger partial charge in [0.05, 0.1) is 0 Å². The molecule has 0 aromatic heterocycles. The lowest BCUT2D eigenvalue weighted by Gasteiger charge is -2.28. The van der Waals surface area contributed by atoms with Crippen molar-refractivity contribution in [1.82, 2.24) is 4.90 Å². The van der Waals surface area contributed by atoms with Crippen LogP contribution >= 0.6 is 0 Å². The van der Waals surface area contributed by atoms with Crippen LogP contribution in [-0.4, -0.2) is 30.6 Å². The fraction of sp³-hybridized carbons (Fsp3) is 0.600. The van der Waals surface area contributed by atoms with Crippen LogP contribution in [0.3, 0.4) is 0 Å². The highest BCUT2D eigenvalue weighted by atomic mass is 16.5. The van der Waals surface area contributed by atoms with Crippen molar-refractivity contribution in [2.75, 3.05) is 13.6 Å². The minimum atomic E-state index is 0.398. The topological polar surface area (TPSA) is 38.5 Å². The molecule has 3 nitrogen and oxygen atoms in total. The van der Waals surface area contributed by atoms with E-state index in [0.717, 1.165) is 17.4 Å². The molecule has 1 saturated carbocycles. The number of ether oxygens (including phenoxy) is 1. The van der Waals surface area contributed by atoms with E-state index >= 15 is 0 Å². The number of rotatable bonds is 3. The Morgan fingerprint density at radius 2 is 2.06 bits per heavy atom. The van der Waals surface area contributed by atoms with Crippen molar-refractivity contribution in [2.45, 2.75) is 38.0 Å². The van der Waals surface area contributed by atoms with Crippen molar-refractivity contribution in [2.24, 2.45) is 11.7 Å². The van der Waals surface area contributed by atoms with Crippen LogP contribution in [0.2, 0.25) is 0 Å². The first-order valence-corrected chi connectivity index (χ1v) is 6.92. The molecule has 98 valence electrons. The van der Waals surface area contributed by atoms with E-state index < -0.39 is 0 Å². The van der Waals surface area contributed by atoms with Gasteiger partial charge < -0.3 is 15.4 Å². The van der Waals surface area contributed by atoms with Crippen LogP contribution in [0.25, 0.3) is 0 Å². The van der Waals surface area contributed by atoms with Gasteiger partial charge in [-0.05, 0) is 44.0 Å². The lowest BCUT2D eigenvalue weighted by Crippen LogP contribution is -2.31. The zero-order valence-corrected chi connectivity index (χ0v) is 11.0. The van der Waals surface area contributed by atoms with E-state index in [4.69, 9.17) is 10.5 Å². The summed E-state index contributed by atoms with van der Waals surface area (Å²) in [5.41, 5.74) is 6.76. The van der Waals surface area contributed by atoms with Gasteiger partial charge in [0.25, 0.3) is 0 Å². The number of hydrogen-bond acceptors (Lipinski definition) is 3. The lowest BCUT2D eigenvalue weighted by molar-refractivity contribution is 0.113. The highest BCUT2D eigenvalue weighted by Gasteiger charge is 2.40. The van der Waals surface area contributed by atoms with E-state index in [2.05, 4.69) is 24.1 Å². The Labute approximate surface area is 109 Å². The summed E-state index contributed by atoms with van der Waals surface area (Å²) < 4.78 is 6.17. The average Bonchev–Trinajstić information content (AvgIpc) is 2.70. The lowest BCUT2D eigenvalue weighted by atomic mass is 9.87. The number of likely N-dealkylation sites (tertiary alicyclic amines) is 1. The second kappa shape index (κ2) is 4.90. The maximum absolute atomic E-state index is 6.17. The normalized spacial score (nSPS) is 31.6. The molecule has 1 saturated heterocycles. The molecular formula is C15H22N2O. The molecule has 3 unspecified atom stereocenters. The maximum atomic E-state index is 6.17. The van der Waals surface area contributed by atoms with E-state index in [9.17, 15) is 0 Å². The van der Waals surface area contributed by atoms with Crippen LogP contribution in [0.1, 0.15) is 24.8 Å². The Morgan fingerprint density at radius 3 is 2.78 bits per heavy atom. The number of nitrogens with zero attached hydrogens (tertiary/aromatic N) is 1. The van der Waals surface area contributed by atoms with Gasteiger partial charge >= 0.3 is 0 Å². The van der Waals surface area contributed by atoms with Gasteiger partial charge in [-0.3, -0.25) is 0 Å². The molecule has 0 amide bonds. The van der Waals surface area contributed by atoms with Crippen molar-refractivity contribution in [3.8, 4) is 5.75 Å². The molecule has 2 aliphatic rings. The average molecular weight is 246 g/mol. The molecule has 18 heavy (non-hydrogen) atoms. The summed E-state index contributed by atoms with van der Waals surface area (Å²) in [5.74, 6) is 1.70. The molecule has 1 aromatic carbocycles. The Hall–Kier alpha value is -1.06. The summed E-state index contributed by atoms with van der Waals surface area (Å²) in [7, 11) is 2.24. The van der Waals surface area contributed by atoms with E-state index in [1.807, 2.05) is 12.1 Å². The number of benzene rings is 1. The van der Waals surface area contributed by atoms with Gasteiger partial charge in [0.1, 0.15) is 11.9 Å². The number of nitrogens with two attached hydrogens (primary N) is 1. The summed E-state index contributed by atoms with van der Waals surface area (Å²) in [6, 6.07) is 9.01. The largest absolute Gasteiger partial charge is 0.490 e. The Kier molecular flexibility index (Phi) is 3.27. The van der Waals surface area contributed by atoms with Gasteiger partial charge in [0, 0.05) is 25.0 Å². The summed E-state index contributed by atoms with van der Waals surface area (Å²) >= 11 is 0.